The summed E-state index contributed by atoms with van der Waals surface area (Å²) in [7, 11) is 0. The fourth-order valence-electron chi connectivity index (χ4n) is 3.59. The summed E-state index contributed by atoms with van der Waals surface area (Å²) < 4.78 is 0. The van der Waals surface area contributed by atoms with Crippen LogP contribution in [0.1, 0.15) is 39.2 Å². The van der Waals surface area contributed by atoms with E-state index in [0.717, 1.165) is 28.2 Å². The van der Waals surface area contributed by atoms with Crippen molar-refractivity contribution < 1.29 is 15.1 Å². The lowest BCUT2D eigenvalue weighted by Crippen LogP contribution is -2.29. The highest BCUT2D eigenvalue weighted by Gasteiger charge is 2.35. The molecule has 1 aromatic heterocycles. The summed E-state index contributed by atoms with van der Waals surface area (Å²) in [6, 6.07) is 9.79. The maximum atomic E-state index is 12.4. The molecule has 3 rings (SSSR count). The van der Waals surface area contributed by atoms with Crippen LogP contribution in [0.4, 0.5) is 0 Å². The second-order valence-electron chi connectivity index (χ2n) is 6.31. The minimum Gasteiger partial charge on any atom is -0.412 e. The lowest BCUT2D eigenvalue weighted by Gasteiger charge is -2.30. The van der Waals surface area contributed by atoms with Crippen LogP contribution in [0.25, 0.3) is 11.3 Å². The summed E-state index contributed by atoms with van der Waals surface area (Å²) in [5.74, 6) is -0.534. The number of nitrogens with one attached hydrogen (secondary N) is 2. The molecule has 6 nitrogen and oxygen atoms in total. The van der Waals surface area contributed by atoms with Gasteiger partial charge in [0.15, 0.2) is 11.6 Å². The number of nitrogens with zero attached hydrogens (tertiary/aromatic N) is 1. The fourth-order valence-corrected chi connectivity index (χ4v) is 3.59. The van der Waals surface area contributed by atoms with Gasteiger partial charge in [-0.3, -0.25) is 14.7 Å². The maximum absolute atomic E-state index is 12.4. The molecule has 0 unspecified atom stereocenters. The van der Waals surface area contributed by atoms with Crippen LogP contribution in [0.15, 0.2) is 59.1 Å². The number of H-pyrrole nitrogens is 1. The molecule has 0 saturated carbocycles. The molecular weight excluding hydrogens is 330 g/mol. The molecule has 0 atom stereocenters. The Kier molecular flexibility index (Phi) is 5.57. The molecule has 2 aromatic rings. The fraction of sp³-hybridized carbons (Fsp3) is 0.250. The standard InChI is InChI=1S/C20H21N3O2.H2O/c1-11-17(13(3)24)19(18(14(4)25)12(2)22-11)16-10-21-23-20(16)15-8-6-5-7-9-15;/h5-10,19,22H,1-4H3,(H,21,23);1H2. The Morgan fingerprint density at radius 2 is 1.50 bits per heavy atom. The van der Waals surface area contributed by atoms with E-state index in [1.807, 2.05) is 44.2 Å². The molecule has 0 aliphatic carbocycles. The van der Waals surface area contributed by atoms with Gasteiger partial charge in [-0.15, -0.1) is 0 Å². The second-order valence-corrected chi connectivity index (χ2v) is 6.31. The molecule has 6 heteroatoms. The molecular formula is C20H23N3O3. The second kappa shape index (κ2) is 7.49. The number of hydrogen-bond donors (Lipinski definition) is 2. The molecule has 0 radical (unpaired) electrons. The number of carbonyl (C=O) groups is 2. The van der Waals surface area contributed by atoms with E-state index in [4.69, 9.17) is 0 Å². The van der Waals surface area contributed by atoms with Gasteiger partial charge in [0.1, 0.15) is 0 Å². The van der Waals surface area contributed by atoms with E-state index in [0.29, 0.717) is 11.1 Å². The molecule has 0 amide bonds. The van der Waals surface area contributed by atoms with Crippen molar-refractivity contribution in [1.29, 1.82) is 0 Å². The molecule has 4 N–H and O–H groups in total. The Labute approximate surface area is 152 Å². The van der Waals surface area contributed by atoms with Crippen molar-refractivity contribution in [1.82, 2.24) is 15.5 Å². The average molecular weight is 353 g/mol. The minimum atomic E-state index is -0.426. The van der Waals surface area contributed by atoms with E-state index in [1.54, 1.807) is 6.20 Å². The lowest BCUT2D eigenvalue weighted by atomic mass is 9.77. The van der Waals surface area contributed by atoms with E-state index < -0.39 is 5.92 Å². The number of rotatable bonds is 4. The topological polar surface area (TPSA) is 106 Å². The van der Waals surface area contributed by atoms with Gasteiger partial charge < -0.3 is 10.8 Å². The SMILES string of the molecule is CC(=O)C1=C(C)NC(C)=C(C(C)=O)C1c1cn[nH]c1-c1ccccc1.O. The van der Waals surface area contributed by atoms with Gasteiger partial charge >= 0.3 is 0 Å². The van der Waals surface area contributed by atoms with Crippen LogP contribution >= 0.6 is 0 Å². The molecule has 0 bridgehead atoms. The first-order valence-corrected chi connectivity index (χ1v) is 8.21. The zero-order valence-corrected chi connectivity index (χ0v) is 15.3. The van der Waals surface area contributed by atoms with E-state index >= 15 is 0 Å². The lowest BCUT2D eigenvalue weighted by molar-refractivity contribution is -0.114. The number of carbonyl (C=O) groups excluding carboxylic acids is 2. The number of hydrogen-bond acceptors (Lipinski definition) is 4. The average Bonchev–Trinajstić information content (AvgIpc) is 3.03. The van der Waals surface area contributed by atoms with Gasteiger partial charge in [-0.2, -0.15) is 5.10 Å². The normalized spacial score (nSPS) is 14.8. The highest BCUT2D eigenvalue weighted by molar-refractivity contribution is 6.04. The van der Waals surface area contributed by atoms with Crippen molar-refractivity contribution in [3.05, 3.63) is 64.6 Å². The Morgan fingerprint density at radius 3 is 2.00 bits per heavy atom. The third-order valence-electron chi connectivity index (χ3n) is 4.56. The van der Waals surface area contributed by atoms with Crippen molar-refractivity contribution in [3.8, 4) is 11.3 Å². The Morgan fingerprint density at radius 1 is 0.962 bits per heavy atom. The number of allylic oxidation sites excluding steroid dienone is 4. The van der Waals surface area contributed by atoms with Gasteiger partial charge in [0.05, 0.1) is 11.9 Å². The zero-order valence-electron chi connectivity index (χ0n) is 15.3. The van der Waals surface area contributed by atoms with E-state index in [-0.39, 0.29) is 17.0 Å². The van der Waals surface area contributed by atoms with Crippen molar-refractivity contribution in [2.75, 3.05) is 0 Å². The first-order valence-electron chi connectivity index (χ1n) is 8.21. The number of dihydropyridines is 1. The molecule has 0 saturated heterocycles. The molecule has 0 spiro atoms. The molecule has 1 aliphatic heterocycles. The molecule has 26 heavy (non-hydrogen) atoms. The quantitative estimate of drug-likeness (QED) is 0.881. The number of Topliss-reactive ketones (excluding diaryl/α,β-unsaturated/α-hetero) is 2. The molecule has 1 aromatic carbocycles. The summed E-state index contributed by atoms with van der Waals surface area (Å²) >= 11 is 0. The molecule has 2 heterocycles. The first-order chi connectivity index (χ1) is 11.9. The van der Waals surface area contributed by atoms with Crippen LogP contribution in [-0.4, -0.2) is 27.2 Å². The van der Waals surface area contributed by atoms with Gasteiger partial charge in [0, 0.05) is 34.0 Å². The molecule has 136 valence electrons. The monoisotopic (exact) mass is 353 g/mol. The zero-order chi connectivity index (χ0) is 18.1. The van der Waals surface area contributed by atoms with E-state index in [1.165, 1.54) is 13.8 Å². The van der Waals surface area contributed by atoms with E-state index in [2.05, 4.69) is 15.5 Å². The van der Waals surface area contributed by atoms with Crippen LogP contribution in [-0.2, 0) is 9.59 Å². The van der Waals surface area contributed by atoms with Crippen LogP contribution < -0.4 is 5.32 Å². The predicted molar refractivity (Wildman–Crippen MR) is 100 cm³/mol. The van der Waals surface area contributed by atoms with Crippen LogP contribution in [0.5, 0.6) is 0 Å². The molecule has 1 aliphatic rings. The van der Waals surface area contributed by atoms with Crippen molar-refractivity contribution in [2.24, 2.45) is 0 Å². The third-order valence-corrected chi connectivity index (χ3v) is 4.56. The van der Waals surface area contributed by atoms with Gasteiger partial charge in [-0.25, -0.2) is 0 Å². The molecule has 0 fully saturated rings. The number of benzene rings is 1. The van der Waals surface area contributed by atoms with Crippen LogP contribution in [0, 0.1) is 0 Å². The number of ketones is 2. The summed E-state index contributed by atoms with van der Waals surface area (Å²) in [6.45, 7) is 6.81. The number of aromatic amines is 1. The third kappa shape index (κ3) is 3.23. The minimum absolute atomic E-state index is 0. The summed E-state index contributed by atoms with van der Waals surface area (Å²) in [5, 5.41) is 10.4. The Hall–Kier alpha value is -2.99. The van der Waals surface area contributed by atoms with Gasteiger partial charge in [0.2, 0.25) is 0 Å². The Bertz CT molecular complexity index is 871. The summed E-state index contributed by atoms with van der Waals surface area (Å²) in [6.07, 6.45) is 1.71. The van der Waals surface area contributed by atoms with Gasteiger partial charge in [-0.05, 0) is 33.3 Å². The largest absolute Gasteiger partial charge is 0.412 e. The van der Waals surface area contributed by atoms with Crippen molar-refractivity contribution in [3.63, 3.8) is 0 Å². The predicted octanol–water partition coefficient (Wildman–Crippen LogP) is 2.66. The maximum Gasteiger partial charge on any atom is 0.158 e. The smallest absolute Gasteiger partial charge is 0.158 e. The summed E-state index contributed by atoms with van der Waals surface area (Å²) in [5.41, 5.74) is 5.39. The van der Waals surface area contributed by atoms with Gasteiger partial charge in [0.25, 0.3) is 0 Å². The highest BCUT2D eigenvalue weighted by Crippen LogP contribution is 2.41. The summed E-state index contributed by atoms with van der Waals surface area (Å²) in [4.78, 5) is 24.8. The van der Waals surface area contributed by atoms with Crippen molar-refractivity contribution in [2.45, 2.75) is 33.6 Å². The highest BCUT2D eigenvalue weighted by atomic mass is 16.1. The van der Waals surface area contributed by atoms with Gasteiger partial charge in [-0.1, -0.05) is 30.3 Å². The van der Waals surface area contributed by atoms with E-state index in [9.17, 15) is 9.59 Å². The van der Waals surface area contributed by atoms with Crippen molar-refractivity contribution >= 4 is 11.6 Å². The van der Waals surface area contributed by atoms with Crippen LogP contribution in [0.2, 0.25) is 0 Å². The van der Waals surface area contributed by atoms with Crippen LogP contribution in [0.3, 0.4) is 0 Å². The Balaban J connectivity index is 0.00000243. The number of aromatic nitrogens is 2. The first kappa shape index (κ1) is 19.3.